The quantitative estimate of drug-likeness (QED) is 0.875. The summed E-state index contributed by atoms with van der Waals surface area (Å²) in [5.74, 6) is 0.995. The van der Waals surface area contributed by atoms with Gasteiger partial charge in [-0.05, 0) is 31.0 Å². The molecule has 7 nitrogen and oxygen atoms in total. The predicted molar refractivity (Wildman–Crippen MR) is 86.1 cm³/mol. The molecule has 130 valence electrons. The number of methoxy groups -OCH3 is 1. The summed E-state index contributed by atoms with van der Waals surface area (Å²) in [6.45, 7) is 1.10. The second-order valence-electron chi connectivity index (χ2n) is 6.14. The molecule has 2 heterocycles. The molecule has 2 aliphatic heterocycles. The van der Waals surface area contributed by atoms with Crippen LogP contribution in [0, 0.1) is 0 Å². The number of likely N-dealkylation sites (tertiary alicyclic amines) is 1. The molecule has 1 aromatic carbocycles. The number of amides is 2. The highest BCUT2D eigenvalue weighted by molar-refractivity contribution is 5.96. The zero-order valence-corrected chi connectivity index (χ0v) is 14.0. The van der Waals surface area contributed by atoms with E-state index in [1.807, 2.05) is 0 Å². The molecule has 1 aromatic rings. The second kappa shape index (κ2) is 6.68. The van der Waals surface area contributed by atoms with Gasteiger partial charge in [0, 0.05) is 26.3 Å². The monoisotopic (exact) mass is 334 g/mol. The average molecular weight is 334 g/mol. The molecule has 0 radical (unpaired) electrons. The van der Waals surface area contributed by atoms with Crippen LogP contribution in [0.25, 0.3) is 0 Å². The molecule has 2 amide bonds. The second-order valence-corrected chi connectivity index (χ2v) is 6.14. The Labute approximate surface area is 140 Å². The van der Waals surface area contributed by atoms with Crippen molar-refractivity contribution in [1.82, 2.24) is 10.2 Å². The molecule has 0 saturated carbocycles. The highest BCUT2D eigenvalue weighted by Gasteiger charge is 2.45. The zero-order chi connectivity index (χ0) is 17.2. The number of hydrogen-bond donors (Lipinski definition) is 1. The smallest absolute Gasteiger partial charge is 0.254 e. The van der Waals surface area contributed by atoms with Crippen LogP contribution in [0.1, 0.15) is 29.6 Å². The van der Waals surface area contributed by atoms with Crippen molar-refractivity contribution in [3.05, 3.63) is 23.8 Å². The number of ether oxygens (including phenoxy) is 3. The van der Waals surface area contributed by atoms with Crippen LogP contribution in [0.4, 0.5) is 0 Å². The minimum absolute atomic E-state index is 0.0996. The van der Waals surface area contributed by atoms with Crippen molar-refractivity contribution >= 4 is 11.8 Å². The van der Waals surface area contributed by atoms with Crippen LogP contribution in [0.3, 0.4) is 0 Å². The van der Waals surface area contributed by atoms with Gasteiger partial charge in [-0.3, -0.25) is 9.59 Å². The van der Waals surface area contributed by atoms with Crippen LogP contribution in [0.5, 0.6) is 11.5 Å². The van der Waals surface area contributed by atoms with Gasteiger partial charge >= 0.3 is 0 Å². The third kappa shape index (κ3) is 2.91. The molecular formula is C17H22N2O5. The van der Waals surface area contributed by atoms with Gasteiger partial charge in [0.15, 0.2) is 11.5 Å². The van der Waals surface area contributed by atoms with E-state index >= 15 is 0 Å². The van der Waals surface area contributed by atoms with Crippen LogP contribution in [0.2, 0.25) is 0 Å². The van der Waals surface area contributed by atoms with Crippen molar-refractivity contribution in [2.75, 3.05) is 34.1 Å². The Morgan fingerprint density at radius 1 is 1.33 bits per heavy atom. The average Bonchev–Trinajstić information content (AvgIpc) is 3.20. The van der Waals surface area contributed by atoms with E-state index in [4.69, 9.17) is 14.2 Å². The number of rotatable bonds is 5. The maximum absolute atomic E-state index is 13.0. The van der Waals surface area contributed by atoms with E-state index in [2.05, 4.69) is 5.32 Å². The fourth-order valence-electron chi connectivity index (χ4n) is 3.48. The minimum atomic E-state index is -0.609. The van der Waals surface area contributed by atoms with Crippen LogP contribution in [-0.2, 0) is 9.53 Å². The van der Waals surface area contributed by atoms with Gasteiger partial charge in [-0.15, -0.1) is 0 Å². The molecule has 3 rings (SSSR count). The molecule has 1 fully saturated rings. The van der Waals surface area contributed by atoms with Crippen molar-refractivity contribution in [3.8, 4) is 11.5 Å². The molecular weight excluding hydrogens is 312 g/mol. The molecule has 1 N–H and O–H groups in total. The molecule has 0 aliphatic carbocycles. The van der Waals surface area contributed by atoms with Crippen LogP contribution >= 0.6 is 0 Å². The molecule has 0 unspecified atom stereocenters. The molecule has 0 aromatic heterocycles. The van der Waals surface area contributed by atoms with Gasteiger partial charge in [-0.1, -0.05) is 0 Å². The molecule has 1 atom stereocenters. The highest BCUT2D eigenvalue weighted by Crippen LogP contribution is 2.37. The summed E-state index contributed by atoms with van der Waals surface area (Å²) < 4.78 is 16.0. The standard InChI is InChI=1S/C17H22N2O5/c1-18-15(20)9-17(10-22-2)6-3-7-19(17)16(21)12-4-5-13-14(8-12)24-11-23-13/h4-5,8H,3,6-7,9-11H2,1-2H3,(H,18,20)/t17-/m1/s1. The van der Waals surface area contributed by atoms with Gasteiger partial charge in [0.1, 0.15) is 0 Å². The Kier molecular flexibility index (Phi) is 4.62. The third-order valence-corrected chi connectivity index (χ3v) is 4.64. The summed E-state index contributed by atoms with van der Waals surface area (Å²) >= 11 is 0. The summed E-state index contributed by atoms with van der Waals surface area (Å²) in [7, 11) is 3.19. The van der Waals surface area contributed by atoms with E-state index in [1.54, 1.807) is 37.3 Å². The minimum Gasteiger partial charge on any atom is -0.454 e. The normalized spacial score (nSPS) is 21.8. The highest BCUT2D eigenvalue weighted by atomic mass is 16.7. The summed E-state index contributed by atoms with van der Waals surface area (Å²) in [5.41, 5.74) is -0.0824. The Balaban J connectivity index is 1.87. The fourth-order valence-corrected chi connectivity index (χ4v) is 3.48. The molecule has 2 aliphatic rings. The molecule has 0 bridgehead atoms. The van der Waals surface area contributed by atoms with Crippen LogP contribution in [0.15, 0.2) is 18.2 Å². The number of carbonyl (C=O) groups excluding carboxylic acids is 2. The Morgan fingerprint density at radius 3 is 2.88 bits per heavy atom. The van der Waals surface area contributed by atoms with E-state index in [0.717, 1.165) is 12.8 Å². The van der Waals surface area contributed by atoms with Gasteiger partial charge in [0.05, 0.1) is 18.6 Å². The number of nitrogens with zero attached hydrogens (tertiary/aromatic N) is 1. The van der Waals surface area contributed by atoms with Crippen molar-refractivity contribution < 1.29 is 23.8 Å². The van der Waals surface area contributed by atoms with Gasteiger partial charge in [-0.2, -0.15) is 0 Å². The summed E-state index contributed by atoms with van der Waals surface area (Å²) in [4.78, 5) is 26.8. The van der Waals surface area contributed by atoms with Gasteiger partial charge in [-0.25, -0.2) is 0 Å². The van der Waals surface area contributed by atoms with Crippen molar-refractivity contribution in [2.45, 2.75) is 24.8 Å². The molecule has 7 heteroatoms. The number of hydrogen-bond acceptors (Lipinski definition) is 5. The fraction of sp³-hybridized carbons (Fsp3) is 0.529. The first-order chi connectivity index (χ1) is 11.6. The number of fused-ring (bicyclic) bond motifs is 1. The lowest BCUT2D eigenvalue weighted by molar-refractivity contribution is -0.123. The first-order valence-corrected chi connectivity index (χ1v) is 8.01. The van der Waals surface area contributed by atoms with Crippen LogP contribution in [-0.4, -0.2) is 56.4 Å². The topological polar surface area (TPSA) is 77.1 Å². The van der Waals surface area contributed by atoms with Crippen molar-refractivity contribution in [2.24, 2.45) is 0 Å². The van der Waals surface area contributed by atoms with Gasteiger partial charge in [0.25, 0.3) is 5.91 Å². The Morgan fingerprint density at radius 2 is 2.12 bits per heavy atom. The molecule has 0 spiro atoms. The summed E-state index contributed by atoms with van der Waals surface area (Å²) in [6, 6.07) is 5.16. The zero-order valence-electron chi connectivity index (χ0n) is 14.0. The van der Waals surface area contributed by atoms with E-state index in [-0.39, 0.29) is 25.0 Å². The Bertz CT molecular complexity index is 648. The Hall–Kier alpha value is -2.28. The van der Waals surface area contributed by atoms with Crippen molar-refractivity contribution in [1.29, 1.82) is 0 Å². The summed E-state index contributed by atoms with van der Waals surface area (Å²) in [5, 5.41) is 2.64. The SMILES string of the molecule is CNC(=O)C[C@@]1(COC)CCCN1C(=O)c1ccc2c(c1)OCO2. The van der Waals surface area contributed by atoms with E-state index in [0.29, 0.717) is 30.2 Å². The van der Waals surface area contributed by atoms with Gasteiger partial charge < -0.3 is 24.4 Å². The van der Waals surface area contributed by atoms with E-state index < -0.39 is 5.54 Å². The van der Waals surface area contributed by atoms with Crippen LogP contribution < -0.4 is 14.8 Å². The number of benzene rings is 1. The van der Waals surface area contributed by atoms with Gasteiger partial charge in [0.2, 0.25) is 12.7 Å². The predicted octanol–water partition coefficient (Wildman–Crippen LogP) is 1.17. The summed E-state index contributed by atoms with van der Waals surface area (Å²) in [6.07, 6.45) is 1.81. The first kappa shape index (κ1) is 16.6. The van der Waals surface area contributed by atoms with E-state index in [1.165, 1.54) is 0 Å². The number of nitrogens with one attached hydrogen (secondary N) is 1. The maximum Gasteiger partial charge on any atom is 0.254 e. The number of carbonyl (C=O) groups is 2. The lowest BCUT2D eigenvalue weighted by Gasteiger charge is -2.37. The first-order valence-electron chi connectivity index (χ1n) is 8.01. The van der Waals surface area contributed by atoms with Crippen molar-refractivity contribution in [3.63, 3.8) is 0 Å². The third-order valence-electron chi connectivity index (χ3n) is 4.64. The van der Waals surface area contributed by atoms with E-state index in [9.17, 15) is 9.59 Å². The molecule has 1 saturated heterocycles. The lowest BCUT2D eigenvalue weighted by Crippen LogP contribution is -2.52. The lowest BCUT2D eigenvalue weighted by atomic mass is 9.91. The largest absolute Gasteiger partial charge is 0.454 e. The molecule has 24 heavy (non-hydrogen) atoms. The maximum atomic E-state index is 13.0.